The molecule has 3 heterocycles. The fraction of sp³-hybridized carbons (Fsp3) is 0.600. The van der Waals surface area contributed by atoms with E-state index < -0.39 is 0 Å². The van der Waals surface area contributed by atoms with Gasteiger partial charge in [-0.15, -0.1) is 0 Å². The number of piperidine rings is 1. The molecular weight excluding hydrogens is 314 g/mol. The summed E-state index contributed by atoms with van der Waals surface area (Å²) in [6.45, 7) is 3.92. The summed E-state index contributed by atoms with van der Waals surface area (Å²) in [5, 5.41) is 0. The van der Waals surface area contributed by atoms with E-state index in [2.05, 4.69) is 24.1 Å². The van der Waals surface area contributed by atoms with Crippen LogP contribution in [0.3, 0.4) is 0 Å². The summed E-state index contributed by atoms with van der Waals surface area (Å²) in [4.78, 5) is 31.3. The van der Waals surface area contributed by atoms with Crippen LogP contribution in [-0.4, -0.2) is 66.3 Å². The lowest BCUT2D eigenvalue weighted by atomic mass is 9.78. The molecule has 5 nitrogen and oxygen atoms in total. The number of hydrogen-bond donors (Lipinski definition) is 0. The second-order valence-electron chi connectivity index (χ2n) is 8.03. The third kappa shape index (κ3) is 3.17. The number of nitrogens with zero attached hydrogens (tertiary/aromatic N) is 3. The topological polar surface area (TPSA) is 43.9 Å². The first-order chi connectivity index (χ1) is 12.1. The maximum absolute atomic E-state index is 12.8. The van der Waals surface area contributed by atoms with Crippen molar-refractivity contribution in [3.8, 4) is 0 Å². The van der Waals surface area contributed by atoms with Gasteiger partial charge in [0.25, 0.3) is 0 Å². The van der Waals surface area contributed by atoms with Crippen molar-refractivity contribution in [2.45, 2.75) is 31.7 Å². The molecule has 134 valence electrons. The molecule has 0 aliphatic carbocycles. The van der Waals surface area contributed by atoms with Crippen LogP contribution in [0.15, 0.2) is 30.3 Å². The van der Waals surface area contributed by atoms with E-state index in [9.17, 15) is 9.59 Å². The molecule has 25 heavy (non-hydrogen) atoms. The molecule has 0 bridgehead atoms. The Bertz CT molecular complexity index is 652. The van der Waals surface area contributed by atoms with Crippen molar-refractivity contribution < 1.29 is 9.59 Å². The zero-order valence-electron chi connectivity index (χ0n) is 15.0. The minimum atomic E-state index is 0.0958. The van der Waals surface area contributed by atoms with Gasteiger partial charge in [-0.2, -0.15) is 0 Å². The monoisotopic (exact) mass is 341 g/mol. The Hall–Kier alpha value is -1.88. The van der Waals surface area contributed by atoms with Gasteiger partial charge in [-0.3, -0.25) is 9.59 Å². The number of hydrogen-bond acceptors (Lipinski definition) is 3. The fourth-order valence-electron chi connectivity index (χ4n) is 4.52. The van der Waals surface area contributed by atoms with Crippen LogP contribution in [0.4, 0.5) is 0 Å². The Balaban J connectivity index is 1.37. The molecule has 2 amide bonds. The highest BCUT2D eigenvalue weighted by molar-refractivity contribution is 5.87. The molecule has 3 aliphatic rings. The fourth-order valence-corrected chi connectivity index (χ4v) is 4.52. The van der Waals surface area contributed by atoms with E-state index in [1.165, 1.54) is 5.56 Å². The van der Waals surface area contributed by atoms with Gasteiger partial charge in [0.1, 0.15) is 0 Å². The number of likely N-dealkylation sites (tertiary alicyclic amines) is 3. The number of rotatable bonds is 3. The highest BCUT2D eigenvalue weighted by Gasteiger charge is 2.45. The molecule has 1 aromatic carbocycles. The molecule has 0 unspecified atom stereocenters. The van der Waals surface area contributed by atoms with Crippen molar-refractivity contribution in [3.63, 3.8) is 0 Å². The van der Waals surface area contributed by atoms with Gasteiger partial charge >= 0.3 is 0 Å². The van der Waals surface area contributed by atoms with Gasteiger partial charge in [0.2, 0.25) is 11.8 Å². The Morgan fingerprint density at radius 2 is 1.88 bits per heavy atom. The van der Waals surface area contributed by atoms with Crippen molar-refractivity contribution in [2.75, 3.05) is 39.8 Å². The lowest BCUT2D eigenvalue weighted by Gasteiger charge is -2.42. The van der Waals surface area contributed by atoms with E-state index in [1.807, 2.05) is 28.0 Å². The number of benzene rings is 1. The highest BCUT2D eigenvalue weighted by Crippen LogP contribution is 2.41. The van der Waals surface area contributed by atoms with E-state index in [1.54, 1.807) is 0 Å². The number of carbonyl (C=O) groups is 2. The summed E-state index contributed by atoms with van der Waals surface area (Å²) in [5.41, 5.74) is 1.30. The van der Waals surface area contributed by atoms with Gasteiger partial charge in [-0.1, -0.05) is 30.3 Å². The molecule has 1 spiro atoms. The Labute approximate surface area is 149 Å². The second kappa shape index (κ2) is 6.45. The highest BCUT2D eigenvalue weighted by atomic mass is 16.2. The number of amides is 2. The molecule has 1 atom stereocenters. The Morgan fingerprint density at radius 3 is 2.52 bits per heavy atom. The summed E-state index contributed by atoms with van der Waals surface area (Å²) in [6, 6.07) is 10.4. The average Bonchev–Trinajstić information content (AvgIpc) is 2.86. The summed E-state index contributed by atoms with van der Waals surface area (Å²) < 4.78 is 0. The predicted octanol–water partition coefficient (Wildman–Crippen LogP) is 1.90. The molecule has 0 aromatic heterocycles. The van der Waals surface area contributed by atoms with E-state index in [0.717, 1.165) is 45.4 Å². The van der Waals surface area contributed by atoms with Crippen LogP contribution in [0.2, 0.25) is 0 Å². The molecular formula is C20H27N3O2. The molecule has 4 rings (SSSR count). The molecule has 3 fully saturated rings. The van der Waals surface area contributed by atoms with Gasteiger partial charge < -0.3 is 14.7 Å². The lowest BCUT2D eigenvalue weighted by molar-refractivity contribution is -0.144. The van der Waals surface area contributed by atoms with Crippen LogP contribution >= 0.6 is 0 Å². The standard InChI is InChI=1S/C20H27N3O2/c1-21-11-8-20(9-12-21)13-18(24)22(15-20)14-19(25)23-10-7-17(23)16-5-3-2-4-6-16/h2-6,17H,7-15H2,1H3/t17-/m1/s1. The average molecular weight is 341 g/mol. The third-order valence-corrected chi connectivity index (χ3v) is 6.30. The largest absolute Gasteiger partial charge is 0.334 e. The molecule has 0 saturated carbocycles. The Kier molecular flexibility index (Phi) is 4.28. The van der Waals surface area contributed by atoms with E-state index in [0.29, 0.717) is 6.42 Å². The van der Waals surface area contributed by atoms with Crippen LogP contribution in [0.5, 0.6) is 0 Å². The van der Waals surface area contributed by atoms with Crippen LogP contribution < -0.4 is 0 Å². The van der Waals surface area contributed by atoms with Gasteiger partial charge in [-0.05, 0) is 50.4 Å². The molecule has 3 saturated heterocycles. The van der Waals surface area contributed by atoms with E-state index in [4.69, 9.17) is 0 Å². The second-order valence-corrected chi connectivity index (χ2v) is 8.03. The normalized spacial score (nSPS) is 26.1. The Morgan fingerprint density at radius 1 is 1.16 bits per heavy atom. The zero-order chi connectivity index (χ0) is 17.4. The third-order valence-electron chi connectivity index (χ3n) is 6.30. The van der Waals surface area contributed by atoms with Crippen LogP contribution in [-0.2, 0) is 9.59 Å². The van der Waals surface area contributed by atoms with Crippen molar-refractivity contribution in [3.05, 3.63) is 35.9 Å². The van der Waals surface area contributed by atoms with Crippen molar-refractivity contribution in [1.29, 1.82) is 0 Å². The first-order valence-corrected chi connectivity index (χ1v) is 9.37. The van der Waals surface area contributed by atoms with E-state index >= 15 is 0 Å². The smallest absolute Gasteiger partial charge is 0.242 e. The SMILES string of the molecule is CN1CCC2(CC1)CC(=O)N(CC(=O)N1CC[C@@H]1c1ccccc1)C2. The first-order valence-electron chi connectivity index (χ1n) is 9.37. The summed E-state index contributed by atoms with van der Waals surface area (Å²) in [5.74, 6) is 0.258. The molecule has 5 heteroatoms. The van der Waals surface area contributed by atoms with Crippen molar-refractivity contribution in [1.82, 2.24) is 14.7 Å². The maximum atomic E-state index is 12.8. The van der Waals surface area contributed by atoms with Gasteiger partial charge in [0.15, 0.2) is 0 Å². The maximum Gasteiger partial charge on any atom is 0.242 e. The summed E-state index contributed by atoms with van der Waals surface area (Å²) in [6.07, 6.45) is 3.77. The minimum Gasteiger partial charge on any atom is -0.334 e. The minimum absolute atomic E-state index is 0.0958. The van der Waals surface area contributed by atoms with Gasteiger partial charge in [-0.25, -0.2) is 0 Å². The van der Waals surface area contributed by atoms with Crippen LogP contribution in [0.25, 0.3) is 0 Å². The molecule has 0 radical (unpaired) electrons. The van der Waals surface area contributed by atoms with Gasteiger partial charge in [0.05, 0.1) is 12.6 Å². The molecule has 0 N–H and O–H groups in total. The summed E-state index contributed by atoms with van der Waals surface area (Å²) in [7, 11) is 2.14. The lowest BCUT2D eigenvalue weighted by Crippen LogP contribution is -2.49. The van der Waals surface area contributed by atoms with Gasteiger partial charge in [0, 0.05) is 19.5 Å². The van der Waals surface area contributed by atoms with Crippen LogP contribution in [0.1, 0.15) is 37.3 Å². The first kappa shape index (κ1) is 16.6. The van der Waals surface area contributed by atoms with Crippen molar-refractivity contribution >= 4 is 11.8 Å². The summed E-state index contributed by atoms with van der Waals surface area (Å²) >= 11 is 0. The van der Waals surface area contributed by atoms with E-state index in [-0.39, 0.29) is 29.8 Å². The predicted molar refractivity (Wildman–Crippen MR) is 95.9 cm³/mol. The van der Waals surface area contributed by atoms with Crippen LogP contribution in [0, 0.1) is 5.41 Å². The molecule has 3 aliphatic heterocycles. The number of carbonyl (C=O) groups excluding carboxylic acids is 2. The molecule has 1 aromatic rings. The quantitative estimate of drug-likeness (QED) is 0.843. The van der Waals surface area contributed by atoms with Crippen molar-refractivity contribution in [2.24, 2.45) is 5.41 Å². The zero-order valence-corrected chi connectivity index (χ0v) is 15.0.